The van der Waals surface area contributed by atoms with Gasteiger partial charge in [0.1, 0.15) is 18.2 Å². The second kappa shape index (κ2) is 17.7. The molecule has 49 heavy (non-hydrogen) atoms. The lowest BCUT2D eigenvalue weighted by molar-refractivity contribution is -0.274. The molecular weight excluding hydrogens is 653 g/mol. The summed E-state index contributed by atoms with van der Waals surface area (Å²) in [5.41, 5.74) is 7.78. The Labute approximate surface area is 281 Å². The number of fused-ring (bicyclic) bond motifs is 2. The Morgan fingerprint density at radius 1 is 1.00 bits per heavy atom. The molecule has 0 aromatic heterocycles. The maximum Gasteiger partial charge on any atom is 0.573 e. The molecule has 5 rings (SSSR count). The van der Waals surface area contributed by atoms with E-state index in [9.17, 15) is 18.0 Å². The van der Waals surface area contributed by atoms with Gasteiger partial charge in [0.15, 0.2) is 23.0 Å². The van der Waals surface area contributed by atoms with Gasteiger partial charge < -0.3 is 49.0 Å². The van der Waals surface area contributed by atoms with Gasteiger partial charge in [-0.15, -0.1) is 13.2 Å². The number of nitrogens with one attached hydrogen (secondary N) is 1. The first-order chi connectivity index (χ1) is 23.5. The van der Waals surface area contributed by atoms with Crippen molar-refractivity contribution in [2.75, 3.05) is 46.8 Å². The number of alkyl halides is 3. The zero-order valence-electron chi connectivity index (χ0n) is 27.4. The number of hydrogen-bond donors (Lipinski definition) is 3. The van der Waals surface area contributed by atoms with Crippen molar-refractivity contribution >= 4 is 18.4 Å². The number of anilines is 1. The van der Waals surface area contributed by atoms with Crippen LogP contribution >= 0.6 is 0 Å². The van der Waals surface area contributed by atoms with E-state index in [-0.39, 0.29) is 24.1 Å². The molecule has 3 aromatic carbocycles. The largest absolute Gasteiger partial charge is 0.573 e. The standard InChI is InChI=1S/C23H25F3N4O5.C9H12O3.CH2O/c1-32-11-14-6-5-13-7-19-20(34-12-33-19)9-17(13)21(14)29-22(31)18(27)10-30(28)15-3-2-4-16(8-15)35-23(24,25)26;1-10-7-5-4-6-8(11-2)9(7)12-3;1-2/h2-4,7-10,14,21H,5-6,11-12,27-28H2,1H3,(H,29,31);4-6H,1-3H3;1H2/b18-10-;;. The highest BCUT2D eigenvalue weighted by molar-refractivity contribution is 5.93. The molecule has 0 spiro atoms. The molecule has 1 aliphatic heterocycles. The van der Waals surface area contributed by atoms with Crippen molar-refractivity contribution in [3.63, 3.8) is 0 Å². The Morgan fingerprint density at radius 3 is 2.22 bits per heavy atom. The van der Waals surface area contributed by atoms with Crippen LogP contribution < -0.4 is 50.3 Å². The van der Waals surface area contributed by atoms with E-state index < -0.39 is 24.1 Å². The summed E-state index contributed by atoms with van der Waals surface area (Å²) in [5.74, 6) is 8.09. The van der Waals surface area contributed by atoms with Crippen LogP contribution in [0.1, 0.15) is 23.6 Å². The number of ether oxygens (including phenoxy) is 7. The molecule has 0 radical (unpaired) electrons. The van der Waals surface area contributed by atoms with Crippen molar-refractivity contribution < 1.29 is 55.9 Å². The summed E-state index contributed by atoms with van der Waals surface area (Å²) in [4.78, 5) is 21.0. The number of methoxy groups -OCH3 is 4. The van der Waals surface area contributed by atoms with Gasteiger partial charge in [0, 0.05) is 25.3 Å². The maximum atomic E-state index is 13.0. The number of nitrogens with two attached hydrogens (primary N) is 2. The molecule has 1 aliphatic carbocycles. The van der Waals surface area contributed by atoms with Gasteiger partial charge in [-0.3, -0.25) is 9.80 Å². The number of aryl methyl sites for hydroxylation is 1. The third kappa shape index (κ3) is 10.1. The lowest BCUT2D eigenvalue weighted by Gasteiger charge is -2.34. The minimum absolute atomic E-state index is 0.0187. The Hall–Kier alpha value is -5.35. The summed E-state index contributed by atoms with van der Waals surface area (Å²) >= 11 is 0. The summed E-state index contributed by atoms with van der Waals surface area (Å²) in [6, 6.07) is 13.8. The Morgan fingerprint density at radius 2 is 1.63 bits per heavy atom. The molecule has 0 fully saturated rings. The zero-order valence-corrected chi connectivity index (χ0v) is 27.4. The molecule has 0 bridgehead atoms. The average Bonchev–Trinajstić information content (AvgIpc) is 3.56. The normalized spacial score (nSPS) is 16.0. The molecule has 13 nitrogen and oxygen atoms in total. The van der Waals surface area contributed by atoms with Crippen LogP contribution in [0.4, 0.5) is 18.9 Å². The third-order valence-electron chi connectivity index (χ3n) is 7.37. The van der Waals surface area contributed by atoms with E-state index in [4.69, 9.17) is 44.8 Å². The van der Waals surface area contributed by atoms with Gasteiger partial charge in [-0.25, -0.2) is 5.84 Å². The fourth-order valence-electron chi connectivity index (χ4n) is 5.22. The zero-order chi connectivity index (χ0) is 36.1. The second-order valence-corrected chi connectivity index (χ2v) is 10.3. The second-order valence-electron chi connectivity index (χ2n) is 10.3. The van der Waals surface area contributed by atoms with E-state index in [2.05, 4.69) is 10.1 Å². The predicted octanol–water partition coefficient (Wildman–Crippen LogP) is 4.39. The summed E-state index contributed by atoms with van der Waals surface area (Å²) in [6.07, 6.45) is -2.18. The van der Waals surface area contributed by atoms with Gasteiger partial charge in [-0.05, 0) is 60.4 Å². The summed E-state index contributed by atoms with van der Waals surface area (Å²) in [5, 5.41) is 3.88. The lowest BCUT2D eigenvalue weighted by Crippen LogP contribution is -2.40. The van der Waals surface area contributed by atoms with Gasteiger partial charge in [0.25, 0.3) is 5.91 Å². The number of halogens is 3. The van der Waals surface area contributed by atoms with Crippen LogP contribution in [0.2, 0.25) is 0 Å². The molecule has 266 valence electrons. The van der Waals surface area contributed by atoms with Gasteiger partial charge in [-0.2, -0.15) is 0 Å². The molecule has 2 aliphatic rings. The van der Waals surface area contributed by atoms with Crippen molar-refractivity contribution in [2.24, 2.45) is 17.5 Å². The predicted molar refractivity (Wildman–Crippen MR) is 172 cm³/mol. The summed E-state index contributed by atoms with van der Waals surface area (Å²) < 4.78 is 73.0. The van der Waals surface area contributed by atoms with Gasteiger partial charge in [-0.1, -0.05) is 12.1 Å². The molecule has 0 saturated heterocycles. The Bertz CT molecular complexity index is 1570. The monoisotopic (exact) mass is 692 g/mol. The van der Waals surface area contributed by atoms with E-state index in [1.807, 2.05) is 37.1 Å². The molecule has 5 N–H and O–H groups in total. The van der Waals surface area contributed by atoms with E-state index in [1.54, 1.807) is 28.4 Å². The van der Waals surface area contributed by atoms with Crippen molar-refractivity contribution in [3.8, 4) is 34.5 Å². The topological polar surface area (TPSA) is 166 Å². The number of hydrazine groups is 1. The number of nitrogens with zero attached hydrogens (tertiary/aromatic N) is 1. The molecule has 1 heterocycles. The summed E-state index contributed by atoms with van der Waals surface area (Å²) in [6.45, 7) is 2.55. The average molecular weight is 693 g/mol. The van der Waals surface area contributed by atoms with E-state index in [0.717, 1.165) is 47.3 Å². The van der Waals surface area contributed by atoms with E-state index in [0.29, 0.717) is 35.4 Å². The quantitative estimate of drug-likeness (QED) is 0.156. The number of carbonyl (C=O) groups is 2. The first-order valence-corrected chi connectivity index (χ1v) is 14.6. The van der Waals surface area contributed by atoms with Crippen LogP contribution in [-0.2, 0) is 20.7 Å². The van der Waals surface area contributed by atoms with E-state index >= 15 is 0 Å². The van der Waals surface area contributed by atoms with Crippen molar-refractivity contribution in [1.82, 2.24) is 5.32 Å². The van der Waals surface area contributed by atoms with Crippen molar-refractivity contribution in [1.29, 1.82) is 0 Å². The van der Waals surface area contributed by atoms with Crippen LogP contribution in [0.3, 0.4) is 0 Å². The third-order valence-corrected chi connectivity index (χ3v) is 7.37. The van der Waals surface area contributed by atoms with Crippen LogP contribution in [0.15, 0.2) is 66.5 Å². The number of para-hydroxylation sites is 1. The number of benzene rings is 3. The van der Waals surface area contributed by atoms with Gasteiger partial charge in [0.05, 0.1) is 39.7 Å². The Balaban J connectivity index is 0.000000390. The SMILES string of the molecule is C=O.COCC1CCc2cc3c(cc2C1NC(=O)/C(N)=C/N(N)c1cccc(OC(F)(F)F)c1)OCO3.COc1cccc(OC)c1OC. The fraction of sp³-hybridized carbons (Fsp3) is 0.333. The molecule has 2 unspecified atom stereocenters. The Kier molecular flexibility index (Phi) is 13.8. The smallest absolute Gasteiger partial charge is 0.493 e. The highest BCUT2D eigenvalue weighted by atomic mass is 19.4. The maximum absolute atomic E-state index is 13.0. The first kappa shape index (κ1) is 38.1. The molecule has 0 saturated carbocycles. The fourth-order valence-corrected chi connectivity index (χ4v) is 5.22. The van der Waals surface area contributed by atoms with Crippen molar-refractivity contribution in [3.05, 3.63) is 77.6 Å². The molecule has 16 heteroatoms. The molecular formula is C33H39F3N4O9. The van der Waals surface area contributed by atoms with Crippen LogP contribution in [0.5, 0.6) is 34.5 Å². The van der Waals surface area contributed by atoms with E-state index in [1.165, 1.54) is 12.1 Å². The minimum atomic E-state index is -4.85. The van der Waals surface area contributed by atoms with Gasteiger partial charge in [0.2, 0.25) is 12.5 Å². The molecule has 2 atom stereocenters. The van der Waals surface area contributed by atoms with Gasteiger partial charge >= 0.3 is 6.36 Å². The highest BCUT2D eigenvalue weighted by Gasteiger charge is 2.34. The number of rotatable bonds is 10. The van der Waals surface area contributed by atoms with Crippen LogP contribution in [0, 0.1) is 5.92 Å². The highest BCUT2D eigenvalue weighted by Crippen LogP contribution is 2.43. The van der Waals surface area contributed by atoms with Crippen molar-refractivity contribution in [2.45, 2.75) is 25.2 Å². The van der Waals surface area contributed by atoms with Crippen LogP contribution in [-0.4, -0.2) is 60.9 Å². The number of amides is 1. The number of hydrogen-bond acceptors (Lipinski definition) is 12. The minimum Gasteiger partial charge on any atom is -0.493 e. The lowest BCUT2D eigenvalue weighted by atomic mass is 9.79. The first-order valence-electron chi connectivity index (χ1n) is 14.6. The summed E-state index contributed by atoms with van der Waals surface area (Å²) in [7, 11) is 6.36. The number of carbonyl (C=O) groups excluding carboxylic acids is 2. The molecule has 1 amide bonds. The molecule has 3 aromatic rings. The van der Waals surface area contributed by atoms with Crippen LogP contribution in [0.25, 0.3) is 0 Å².